The number of aliphatic hydroxyl groups is 1. The van der Waals surface area contributed by atoms with E-state index in [0.717, 1.165) is 5.56 Å². The van der Waals surface area contributed by atoms with E-state index in [2.05, 4.69) is 5.32 Å². The number of ketones is 1. The number of methoxy groups -OCH3 is 1. The Labute approximate surface area is 170 Å². The van der Waals surface area contributed by atoms with Gasteiger partial charge in [-0.1, -0.05) is 30.3 Å². The van der Waals surface area contributed by atoms with Crippen LogP contribution < -0.4 is 14.8 Å². The number of hydrogen-bond donors (Lipinski definition) is 2. The molecule has 0 aliphatic carbocycles. The molecule has 3 atom stereocenters. The topological polar surface area (TPSA) is 86.3 Å². The molecular formula is C22H27NO6. The first kappa shape index (κ1) is 21.3. The maximum atomic E-state index is 12.7. The van der Waals surface area contributed by atoms with Gasteiger partial charge < -0.3 is 24.1 Å². The second-order valence-electron chi connectivity index (χ2n) is 6.61. The Balaban J connectivity index is 1.75. The van der Waals surface area contributed by atoms with Crippen LogP contribution >= 0.6 is 0 Å². The van der Waals surface area contributed by atoms with E-state index in [9.17, 15) is 9.90 Å². The first-order valence-corrected chi connectivity index (χ1v) is 9.67. The fourth-order valence-electron chi connectivity index (χ4n) is 3.20. The summed E-state index contributed by atoms with van der Waals surface area (Å²) >= 11 is 0. The van der Waals surface area contributed by atoms with Crippen molar-refractivity contribution in [3.63, 3.8) is 0 Å². The fraction of sp³-hybridized carbons (Fsp3) is 0.409. The highest BCUT2D eigenvalue weighted by Crippen LogP contribution is 2.33. The average molecular weight is 401 g/mol. The molecule has 0 amide bonds. The average Bonchev–Trinajstić information content (AvgIpc) is 3.30. The molecule has 0 spiro atoms. The van der Waals surface area contributed by atoms with Crippen LogP contribution in [-0.2, 0) is 20.9 Å². The maximum absolute atomic E-state index is 12.7. The number of ether oxygens (including phenoxy) is 4. The van der Waals surface area contributed by atoms with Gasteiger partial charge >= 0.3 is 0 Å². The summed E-state index contributed by atoms with van der Waals surface area (Å²) in [6.07, 6.45) is -3.05. The Bertz CT molecular complexity index is 791. The highest BCUT2D eigenvalue weighted by molar-refractivity contribution is 5.88. The van der Waals surface area contributed by atoms with Gasteiger partial charge in [-0.3, -0.25) is 10.1 Å². The highest BCUT2D eigenvalue weighted by atomic mass is 16.5. The number of nitrogens with one attached hydrogen (secondary N) is 1. The number of carbonyl (C=O) groups excluding carboxylic acids is 1. The quantitative estimate of drug-likeness (QED) is 0.631. The van der Waals surface area contributed by atoms with Crippen LogP contribution in [0.5, 0.6) is 11.5 Å². The van der Waals surface area contributed by atoms with Gasteiger partial charge in [-0.25, -0.2) is 0 Å². The first-order chi connectivity index (χ1) is 14.1. The summed E-state index contributed by atoms with van der Waals surface area (Å²) in [6.45, 7) is 3.50. The molecule has 156 valence electrons. The predicted molar refractivity (Wildman–Crippen MR) is 107 cm³/mol. The Morgan fingerprint density at radius 2 is 2.07 bits per heavy atom. The molecular weight excluding hydrogens is 374 g/mol. The number of hydrogen-bond acceptors (Lipinski definition) is 7. The SMILES string of the molecule is CCO[C@H](C(=O)C1NCCO1)[C@H](O)c1ccc(OCc2ccccc2)cc1OC. The van der Waals surface area contributed by atoms with E-state index in [0.29, 0.717) is 36.8 Å². The largest absolute Gasteiger partial charge is 0.496 e. The van der Waals surface area contributed by atoms with Gasteiger partial charge in [0.1, 0.15) is 30.3 Å². The van der Waals surface area contributed by atoms with Crippen LogP contribution in [0.1, 0.15) is 24.2 Å². The molecule has 1 aliphatic rings. The molecule has 2 N–H and O–H groups in total. The van der Waals surface area contributed by atoms with Gasteiger partial charge in [-0.2, -0.15) is 0 Å². The minimum absolute atomic E-state index is 0.279. The molecule has 2 aromatic carbocycles. The summed E-state index contributed by atoms with van der Waals surface area (Å²) in [4.78, 5) is 12.7. The molecule has 2 aromatic rings. The van der Waals surface area contributed by atoms with Gasteiger partial charge in [0, 0.05) is 24.8 Å². The van der Waals surface area contributed by atoms with E-state index in [4.69, 9.17) is 18.9 Å². The number of Topliss-reactive ketones (excluding diaryl/α,β-unsaturated/α-hetero) is 1. The van der Waals surface area contributed by atoms with Crippen molar-refractivity contribution in [2.24, 2.45) is 0 Å². The minimum Gasteiger partial charge on any atom is -0.496 e. The van der Waals surface area contributed by atoms with Crippen molar-refractivity contribution in [2.75, 3.05) is 26.9 Å². The highest BCUT2D eigenvalue weighted by Gasteiger charge is 2.37. The Morgan fingerprint density at radius 1 is 1.28 bits per heavy atom. The standard InChI is InChI=1S/C22H27NO6/c1-3-27-21(20(25)22-23-11-12-28-22)19(24)17-10-9-16(13-18(17)26-2)29-14-15-7-5-4-6-8-15/h4-10,13,19,21-24H,3,11-12,14H2,1-2H3/t19-,21+,22?/m1/s1. The van der Waals surface area contributed by atoms with E-state index in [1.807, 2.05) is 30.3 Å². The van der Waals surface area contributed by atoms with Crippen molar-refractivity contribution in [1.29, 1.82) is 0 Å². The Hall–Kier alpha value is -2.45. The molecule has 0 radical (unpaired) electrons. The van der Waals surface area contributed by atoms with Gasteiger partial charge in [0.25, 0.3) is 0 Å². The molecule has 3 rings (SSSR count). The zero-order chi connectivity index (χ0) is 20.6. The van der Waals surface area contributed by atoms with Crippen molar-refractivity contribution < 1.29 is 28.8 Å². The summed E-state index contributed by atoms with van der Waals surface area (Å²) in [5, 5.41) is 13.9. The van der Waals surface area contributed by atoms with Crippen molar-refractivity contribution in [2.45, 2.75) is 32.0 Å². The number of aliphatic hydroxyl groups excluding tert-OH is 1. The lowest BCUT2D eigenvalue weighted by Gasteiger charge is -2.25. The summed E-state index contributed by atoms with van der Waals surface area (Å²) in [7, 11) is 1.51. The smallest absolute Gasteiger partial charge is 0.207 e. The van der Waals surface area contributed by atoms with Crippen molar-refractivity contribution in [1.82, 2.24) is 5.32 Å². The third-order valence-electron chi connectivity index (χ3n) is 4.66. The van der Waals surface area contributed by atoms with Crippen LogP contribution in [0.15, 0.2) is 48.5 Å². The summed E-state index contributed by atoms with van der Waals surface area (Å²) in [6, 6.07) is 14.9. The van der Waals surface area contributed by atoms with Crippen LogP contribution in [0, 0.1) is 0 Å². The molecule has 7 nitrogen and oxygen atoms in total. The number of benzene rings is 2. The molecule has 0 aromatic heterocycles. The van der Waals surface area contributed by atoms with Gasteiger partial charge in [0.2, 0.25) is 5.78 Å². The molecule has 1 fully saturated rings. The van der Waals surface area contributed by atoms with Crippen molar-refractivity contribution >= 4 is 5.78 Å². The normalized spacial score (nSPS) is 18.2. The van der Waals surface area contributed by atoms with E-state index >= 15 is 0 Å². The van der Waals surface area contributed by atoms with E-state index in [1.165, 1.54) is 7.11 Å². The van der Waals surface area contributed by atoms with Gasteiger partial charge in [-0.05, 0) is 24.6 Å². The molecule has 1 aliphatic heterocycles. The van der Waals surface area contributed by atoms with E-state index in [1.54, 1.807) is 25.1 Å². The minimum atomic E-state index is -1.20. The first-order valence-electron chi connectivity index (χ1n) is 9.67. The Morgan fingerprint density at radius 3 is 2.72 bits per heavy atom. The lowest BCUT2D eigenvalue weighted by Crippen LogP contribution is -2.43. The monoisotopic (exact) mass is 401 g/mol. The molecule has 0 bridgehead atoms. The number of rotatable bonds is 10. The second-order valence-corrected chi connectivity index (χ2v) is 6.61. The molecule has 7 heteroatoms. The van der Waals surface area contributed by atoms with E-state index < -0.39 is 18.4 Å². The van der Waals surface area contributed by atoms with Crippen molar-refractivity contribution in [3.8, 4) is 11.5 Å². The second kappa shape index (κ2) is 10.4. The lowest BCUT2D eigenvalue weighted by atomic mass is 9.99. The van der Waals surface area contributed by atoms with E-state index in [-0.39, 0.29) is 12.4 Å². The third kappa shape index (κ3) is 5.33. The van der Waals surface area contributed by atoms with Crippen LogP contribution in [0.25, 0.3) is 0 Å². The van der Waals surface area contributed by atoms with Crippen LogP contribution in [0.3, 0.4) is 0 Å². The molecule has 1 heterocycles. The summed E-state index contributed by atoms with van der Waals surface area (Å²) < 4.78 is 22.2. The zero-order valence-corrected chi connectivity index (χ0v) is 16.7. The molecule has 0 saturated carbocycles. The molecule has 29 heavy (non-hydrogen) atoms. The number of carbonyl (C=O) groups is 1. The summed E-state index contributed by atoms with van der Waals surface area (Å²) in [5.41, 5.74) is 1.49. The van der Waals surface area contributed by atoms with Crippen molar-refractivity contribution in [3.05, 3.63) is 59.7 Å². The lowest BCUT2D eigenvalue weighted by molar-refractivity contribution is -0.148. The van der Waals surface area contributed by atoms with Crippen LogP contribution in [0.2, 0.25) is 0 Å². The molecule has 1 saturated heterocycles. The Kier molecular flexibility index (Phi) is 7.60. The van der Waals surface area contributed by atoms with Gasteiger partial charge in [0.15, 0.2) is 6.23 Å². The fourth-order valence-corrected chi connectivity index (χ4v) is 3.20. The predicted octanol–water partition coefficient (Wildman–Crippen LogP) is 2.23. The van der Waals surface area contributed by atoms with Crippen LogP contribution in [-0.4, -0.2) is 50.1 Å². The van der Waals surface area contributed by atoms with Gasteiger partial charge in [-0.15, -0.1) is 0 Å². The zero-order valence-electron chi connectivity index (χ0n) is 16.7. The third-order valence-corrected chi connectivity index (χ3v) is 4.66. The maximum Gasteiger partial charge on any atom is 0.207 e. The van der Waals surface area contributed by atoms with Gasteiger partial charge in [0.05, 0.1) is 13.7 Å². The van der Waals surface area contributed by atoms with Crippen LogP contribution in [0.4, 0.5) is 0 Å². The summed E-state index contributed by atoms with van der Waals surface area (Å²) in [5.74, 6) is 0.672. The molecule has 1 unspecified atom stereocenters.